The molecule has 0 fully saturated rings. The van der Waals surface area contributed by atoms with Gasteiger partial charge in [-0.25, -0.2) is 33.2 Å². The number of halogens is 5. The predicted octanol–water partition coefficient (Wildman–Crippen LogP) is 8.77. The molecule has 0 aliphatic heterocycles. The van der Waals surface area contributed by atoms with Gasteiger partial charge in [0.1, 0.15) is 48.0 Å². The SMILES string of the molecule is Cn1nnnc1-n1c(OCc2cccc(NC(=O)C(F)(F)Oc3ccccc3)n2)nc2ccc(F)cc21.O=C(Nc1cccc(COc2nc3ccccc3n2-c2ccccn2)n1)C(F)(F)Oc1ccccc1.[HH].[HH]. The maximum atomic E-state index is 14.3. The molecule has 0 bridgehead atoms. The molecule has 0 radical (unpaired) electrons. The van der Waals surface area contributed by atoms with E-state index in [1.54, 1.807) is 54.2 Å². The fraction of sp³-hybridized carbons (Fsp3) is 0.102. The third-order valence-corrected chi connectivity index (χ3v) is 10.1. The molecule has 10 rings (SSSR count). The molecule has 4 aromatic carbocycles. The highest BCUT2D eigenvalue weighted by molar-refractivity contribution is 5.95. The van der Waals surface area contributed by atoms with Crippen LogP contribution in [0.5, 0.6) is 23.5 Å². The van der Waals surface area contributed by atoms with Crippen LogP contribution in [0.15, 0.2) is 164 Å². The van der Waals surface area contributed by atoms with Crippen LogP contribution in [-0.4, -0.2) is 78.3 Å². The summed E-state index contributed by atoms with van der Waals surface area (Å²) in [4.78, 5) is 45.9. The molecule has 0 atom stereocenters. The lowest BCUT2D eigenvalue weighted by Crippen LogP contribution is -2.40. The molecule has 0 saturated carbocycles. The molecule has 24 heteroatoms. The minimum Gasteiger partial charge on any atom is -0.458 e. The zero-order chi connectivity index (χ0) is 51.0. The van der Waals surface area contributed by atoms with Crippen molar-refractivity contribution in [3.63, 3.8) is 0 Å². The van der Waals surface area contributed by atoms with Gasteiger partial charge in [0.15, 0.2) is 0 Å². The van der Waals surface area contributed by atoms with Crippen LogP contribution in [0.3, 0.4) is 0 Å². The van der Waals surface area contributed by atoms with Crippen LogP contribution >= 0.6 is 0 Å². The molecule has 0 aliphatic rings. The van der Waals surface area contributed by atoms with Gasteiger partial charge in [-0.1, -0.05) is 71.8 Å². The van der Waals surface area contributed by atoms with Gasteiger partial charge in [-0.05, 0) is 95.4 Å². The number of imidazole rings is 2. The zero-order valence-corrected chi connectivity index (χ0v) is 37.8. The number of carbonyl (C=O) groups is 2. The molecule has 372 valence electrons. The number of tetrazole rings is 1. The second-order valence-corrected chi connectivity index (χ2v) is 15.2. The van der Waals surface area contributed by atoms with Gasteiger partial charge in [-0.3, -0.25) is 9.59 Å². The summed E-state index contributed by atoms with van der Waals surface area (Å²) in [7, 11) is 1.59. The Morgan fingerprint density at radius 1 is 0.589 bits per heavy atom. The van der Waals surface area contributed by atoms with Crippen molar-refractivity contribution in [1.82, 2.24) is 54.3 Å². The highest BCUT2D eigenvalue weighted by Gasteiger charge is 2.43. The summed E-state index contributed by atoms with van der Waals surface area (Å²) in [6.45, 7) is -0.200. The Morgan fingerprint density at radius 2 is 1.12 bits per heavy atom. The Morgan fingerprint density at radius 3 is 1.67 bits per heavy atom. The number of nitrogens with one attached hydrogen (secondary N) is 2. The van der Waals surface area contributed by atoms with E-state index >= 15 is 0 Å². The maximum Gasteiger partial charge on any atom is 0.482 e. The molecule has 2 amide bonds. The van der Waals surface area contributed by atoms with Gasteiger partial charge in [-0.2, -0.15) is 27.5 Å². The number of benzene rings is 4. The van der Waals surface area contributed by atoms with Crippen LogP contribution in [0.2, 0.25) is 0 Å². The molecule has 19 nitrogen and oxygen atoms in total. The summed E-state index contributed by atoms with van der Waals surface area (Å²) >= 11 is 0. The number of anilines is 2. The molecular weight excluding hydrogens is 962 g/mol. The summed E-state index contributed by atoms with van der Waals surface area (Å²) in [5, 5.41) is 15.4. The van der Waals surface area contributed by atoms with Crippen molar-refractivity contribution in [3.05, 3.63) is 181 Å². The summed E-state index contributed by atoms with van der Waals surface area (Å²) in [6.07, 6.45) is -6.57. The highest BCUT2D eigenvalue weighted by Crippen LogP contribution is 2.29. The first-order valence-corrected chi connectivity index (χ1v) is 21.6. The van der Waals surface area contributed by atoms with Crippen LogP contribution in [0.1, 0.15) is 14.2 Å². The number of aromatic nitrogens is 11. The van der Waals surface area contributed by atoms with Crippen LogP contribution in [-0.2, 0) is 29.9 Å². The molecule has 2 N–H and O–H groups in total. The molecule has 6 heterocycles. The van der Waals surface area contributed by atoms with Crippen LogP contribution in [0.4, 0.5) is 33.6 Å². The third kappa shape index (κ3) is 11.4. The topological polar surface area (TPSA) is 213 Å². The summed E-state index contributed by atoms with van der Waals surface area (Å²) in [5.41, 5.74) is 2.98. The quantitative estimate of drug-likeness (QED) is 0.0867. The highest BCUT2D eigenvalue weighted by atomic mass is 19.3. The second-order valence-electron chi connectivity index (χ2n) is 15.2. The lowest BCUT2D eigenvalue weighted by molar-refractivity contribution is -0.187. The maximum absolute atomic E-state index is 14.3. The predicted molar refractivity (Wildman–Crippen MR) is 255 cm³/mol. The number of amides is 2. The number of para-hydroxylation sites is 4. The largest absolute Gasteiger partial charge is 0.482 e. The van der Waals surface area contributed by atoms with E-state index in [1.807, 2.05) is 41.7 Å². The van der Waals surface area contributed by atoms with E-state index in [-0.39, 0.29) is 62.9 Å². The summed E-state index contributed by atoms with van der Waals surface area (Å²) in [6, 6.07) is 40.9. The van der Waals surface area contributed by atoms with Crippen LogP contribution in [0, 0.1) is 5.82 Å². The fourth-order valence-corrected chi connectivity index (χ4v) is 6.82. The lowest BCUT2D eigenvalue weighted by atomic mass is 10.3. The Balaban J connectivity index is 0.000000213. The van der Waals surface area contributed by atoms with Crippen molar-refractivity contribution in [1.29, 1.82) is 0 Å². The minimum atomic E-state index is -4.14. The molecule has 73 heavy (non-hydrogen) atoms. The van der Waals surface area contributed by atoms with E-state index < -0.39 is 29.8 Å². The van der Waals surface area contributed by atoms with Gasteiger partial charge < -0.3 is 29.6 Å². The number of carbonyl (C=O) groups excluding carboxylic acids is 2. The molecule has 0 spiro atoms. The van der Waals surface area contributed by atoms with Gasteiger partial charge >= 0.3 is 36.1 Å². The van der Waals surface area contributed by atoms with Crippen LogP contribution < -0.4 is 29.6 Å². The van der Waals surface area contributed by atoms with E-state index in [9.17, 15) is 31.5 Å². The van der Waals surface area contributed by atoms with Gasteiger partial charge in [0.05, 0.1) is 33.5 Å². The number of fused-ring (bicyclic) bond motifs is 2. The minimum absolute atomic E-state index is 0. The van der Waals surface area contributed by atoms with Gasteiger partial charge in [-0.15, -0.1) is 0 Å². The lowest BCUT2D eigenvalue weighted by Gasteiger charge is -2.17. The molecule has 10 aromatic rings. The van der Waals surface area contributed by atoms with E-state index in [0.717, 1.165) is 5.52 Å². The Kier molecular flexibility index (Phi) is 13.9. The third-order valence-electron chi connectivity index (χ3n) is 10.1. The van der Waals surface area contributed by atoms with Crippen molar-refractivity contribution < 1.29 is 53.3 Å². The number of hydrogen-bond donors (Lipinski definition) is 2. The monoisotopic (exact) mass is 1000 g/mol. The smallest absolute Gasteiger partial charge is 0.458 e. The summed E-state index contributed by atoms with van der Waals surface area (Å²) in [5.74, 6) is -3.51. The fourth-order valence-electron chi connectivity index (χ4n) is 6.82. The average molecular weight is 1000 g/mol. The number of alkyl halides is 4. The average Bonchev–Trinajstić information content (AvgIpc) is 4.10. The summed E-state index contributed by atoms with van der Waals surface area (Å²) < 4.78 is 96.3. The molecule has 0 aliphatic carbocycles. The molecule has 0 saturated heterocycles. The van der Waals surface area contributed by atoms with Gasteiger partial charge in [0, 0.05) is 22.2 Å². The number of nitrogens with zero attached hydrogens (tertiary/aromatic N) is 11. The van der Waals surface area contributed by atoms with Crippen molar-refractivity contribution in [2.75, 3.05) is 10.6 Å². The van der Waals surface area contributed by atoms with Crippen molar-refractivity contribution in [2.24, 2.45) is 7.05 Å². The Hall–Kier alpha value is -9.87. The number of aryl methyl sites for hydroxylation is 1. The number of pyridine rings is 3. The standard InChI is InChI=1S/C26H19F2N5O3.C23H17F3N8O3.2H2/c27-26(28,36-19-10-2-1-3-11-19)24(34)32-22-14-8-9-18(30-22)17-35-25-31-20-12-4-5-13-21(20)33(25)23-15-6-7-16-29-23;1-33-21(30-31-32-33)34-18-12-14(24)10-11-17(18)28-22(34)36-13-15-6-5-9-19(27-15)29-20(35)23(25,26)37-16-7-3-2-4-8-16;;/h1-16H,17H2,(H,30,32,34);2-12H,13H2,1H3,(H,27,29,35);2*1H. The normalized spacial score (nSPS) is 11.4. The van der Waals surface area contributed by atoms with Crippen molar-refractivity contribution in [3.8, 4) is 35.3 Å². The first-order valence-electron chi connectivity index (χ1n) is 21.6. The first-order chi connectivity index (χ1) is 35.3. The number of ether oxygens (including phenoxy) is 4. The van der Waals surface area contributed by atoms with Crippen molar-refractivity contribution >= 4 is 45.5 Å². The van der Waals surface area contributed by atoms with Crippen molar-refractivity contribution in [2.45, 2.75) is 25.4 Å². The van der Waals surface area contributed by atoms with Gasteiger partial charge in [0.25, 0.3) is 5.95 Å². The number of hydrogen-bond acceptors (Lipinski definition) is 14. The van der Waals surface area contributed by atoms with E-state index in [0.29, 0.717) is 28.1 Å². The van der Waals surface area contributed by atoms with Gasteiger partial charge in [0.2, 0.25) is 0 Å². The molecule has 0 unspecified atom stereocenters. The zero-order valence-electron chi connectivity index (χ0n) is 37.8. The molecular formula is C49H40F5N13O6. The van der Waals surface area contributed by atoms with E-state index in [2.05, 4.69) is 55.2 Å². The van der Waals surface area contributed by atoms with E-state index in [1.165, 1.54) is 94.2 Å². The number of rotatable bonds is 16. The molecule has 6 aromatic heterocycles. The van der Waals surface area contributed by atoms with E-state index in [4.69, 9.17) is 9.47 Å². The van der Waals surface area contributed by atoms with Crippen LogP contribution in [0.25, 0.3) is 33.8 Å². The second kappa shape index (κ2) is 21.0. The Bertz CT molecular complexity index is 3540. The first kappa shape index (κ1) is 48.2. The Labute approximate surface area is 411 Å².